The van der Waals surface area contributed by atoms with Gasteiger partial charge < -0.3 is 9.67 Å². The van der Waals surface area contributed by atoms with Gasteiger partial charge in [0.15, 0.2) is 0 Å². The maximum absolute atomic E-state index is 12.4. The summed E-state index contributed by atoms with van der Waals surface area (Å²) < 4.78 is 2.34. The molecule has 2 aromatic rings. The van der Waals surface area contributed by atoms with E-state index in [4.69, 9.17) is 17.3 Å². The number of thiocarbonyl (C=S) groups is 1. The first-order valence-corrected chi connectivity index (χ1v) is 8.67. The van der Waals surface area contributed by atoms with Crippen LogP contribution in [0.5, 0.6) is 0 Å². The number of pyridine rings is 1. The monoisotopic (exact) mass is 373 g/mol. The van der Waals surface area contributed by atoms with Crippen LogP contribution in [0.3, 0.4) is 0 Å². The molecule has 3 heterocycles. The Kier molecular flexibility index (Phi) is 4.73. The van der Waals surface area contributed by atoms with Gasteiger partial charge in [0.25, 0.3) is 5.91 Å². The fourth-order valence-corrected chi connectivity index (χ4v) is 3.98. The molecule has 1 saturated heterocycles. The highest BCUT2D eigenvalue weighted by atomic mass is 32.2. The molecule has 0 spiro atoms. The molecule has 3 rings (SSSR count). The molecule has 0 saturated carbocycles. The summed E-state index contributed by atoms with van der Waals surface area (Å²) in [7, 11) is 0. The minimum Gasteiger partial charge on any atom is -0.480 e. The van der Waals surface area contributed by atoms with Gasteiger partial charge in [0, 0.05) is 29.5 Å². The Labute approximate surface area is 154 Å². The summed E-state index contributed by atoms with van der Waals surface area (Å²) in [5.41, 5.74) is 3.89. The Morgan fingerprint density at radius 2 is 2.04 bits per heavy atom. The summed E-state index contributed by atoms with van der Waals surface area (Å²) in [4.78, 5) is 28.8. The Hall–Kier alpha value is -2.45. The van der Waals surface area contributed by atoms with Crippen molar-refractivity contribution in [3.8, 4) is 5.69 Å². The van der Waals surface area contributed by atoms with Crippen molar-refractivity contribution < 1.29 is 14.7 Å². The van der Waals surface area contributed by atoms with E-state index < -0.39 is 12.5 Å². The lowest BCUT2D eigenvalue weighted by Gasteiger charge is -2.10. The van der Waals surface area contributed by atoms with Crippen molar-refractivity contribution in [1.29, 1.82) is 0 Å². The first-order valence-electron chi connectivity index (χ1n) is 7.45. The molecular weight excluding hydrogens is 358 g/mol. The van der Waals surface area contributed by atoms with E-state index in [9.17, 15) is 9.59 Å². The Balaban J connectivity index is 1.97. The Bertz CT molecular complexity index is 903. The number of carbonyl (C=O) groups excluding carboxylic acids is 1. The Morgan fingerprint density at radius 1 is 1.36 bits per heavy atom. The van der Waals surface area contributed by atoms with Gasteiger partial charge in [-0.1, -0.05) is 24.0 Å². The number of aliphatic carboxylic acids is 1. The molecule has 1 aliphatic rings. The number of thioether (sulfide) groups is 1. The number of nitrogens with zero attached hydrogens (tertiary/aromatic N) is 3. The minimum atomic E-state index is -1.09. The van der Waals surface area contributed by atoms with Crippen LogP contribution < -0.4 is 0 Å². The van der Waals surface area contributed by atoms with Crippen LogP contribution >= 0.6 is 24.0 Å². The van der Waals surface area contributed by atoms with Crippen LogP contribution in [0.2, 0.25) is 0 Å². The number of carboxylic acid groups (broad SMARTS) is 1. The summed E-state index contributed by atoms with van der Waals surface area (Å²) in [6.07, 6.45) is 5.22. The van der Waals surface area contributed by atoms with E-state index in [0.29, 0.717) is 4.91 Å². The molecule has 1 N–H and O–H groups in total. The van der Waals surface area contributed by atoms with Gasteiger partial charge in [-0.2, -0.15) is 0 Å². The summed E-state index contributed by atoms with van der Waals surface area (Å²) in [5.74, 6) is -1.46. The average Bonchev–Trinajstić information content (AvgIpc) is 2.99. The minimum absolute atomic E-state index is 0.265. The SMILES string of the molecule is Cc1cc(/C=C2/SC(=S)N(CC(=O)O)C2=O)c(C)n1-c1ccncc1. The molecule has 1 fully saturated rings. The first-order chi connectivity index (χ1) is 11.9. The average molecular weight is 373 g/mol. The lowest BCUT2D eigenvalue weighted by Crippen LogP contribution is -2.33. The number of amides is 1. The smallest absolute Gasteiger partial charge is 0.323 e. The number of carbonyl (C=O) groups is 2. The van der Waals surface area contributed by atoms with E-state index in [1.165, 1.54) is 0 Å². The third kappa shape index (κ3) is 3.35. The number of carboxylic acids is 1. The van der Waals surface area contributed by atoms with Crippen LogP contribution in [0, 0.1) is 13.8 Å². The first kappa shape index (κ1) is 17.4. The highest BCUT2D eigenvalue weighted by Gasteiger charge is 2.33. The maximum atomic E-state index is 12.4. The standard InChI is InChI=1S/C17H15N3O3S2/c1-10-7-12(11(2)20(10)13-3-5-18-6-4-13)8-14-16(23)19(9-15(21)22)17(24)25-14/h3-8H,9H2,1-2H3,(H,21,22)/b14-8+. The predicted octanol–water partition coefficient (Wildman–Crippen LogP) is 2.77. The van der Waals surface area contributed by atoms with Crippen LogP contribution in [0.25, 0.3) is 11.8 Å². The van der Waals surface area contributed by atoms with E-state index in [0.717, 1.165) is 39.3 Å². The quantitative estimate of drug-likeness (QED) is 0.656. The van der Waals surface area contributed by atoms with Crippen molar-refractivity contribution in [3.05, 3.63) is 52.4 Å². The van der Waals surface area contributed by atoms with Crippen molar-refractivity contribution in [2.24, 2.45) is 0 Å². The van der Waals surface area contributed by atoms with Crippen LogP contribution in [0.4, 0.5) is 0 Å². The molecule has 1 aliphatic heterocycles. The molecule has 0 radical (unpaired) electrons. The van der Waals surface area contributed by atoms with Gasteiger partial charge in [-0.25, -0.2) is 0 Å². The molecule has 6 nitrogen and oxygen atoms in total. The van der Waals surface area contributed by atoms with Gasteiger partial charge in [-0.05, 0) is 43.7 Å². The molecule has 8 heteroatoms. The van der Waals surface area contributed by atoms with Crippen LogP contribution in [0.1, 0.15) is 17.0 Å². The van der Waals surface area contributed by atoms with Gasteiger partial charge in [0.1, 0.15) is 10.9 Å². The second-order valence-corrected chi connectivity index (χ2v) is 7.20. The molecular formula is C17H15N3O3S2. The highest BCUT2D eigenvalue weighted by Crippen LogP contribution is 2.33. The Morgan fingerprint density at radius 3 is 2.68 bits per heavy atom. The maximum Gasteiger partial charge on any atom is 0.323 e. The molecule has 0 aliphatic carbocycles. The number of aryl methyl sites for hydroxylation is 1. The van der Waals surface area contributed by atoms with E-state index in [1.54, 1.807) is 18.5 Å². The normalized spacial score (nSPS) is 16.1. The topological polar surface area (TPSA) is 75.4 Å². The second-order valence-electron chi connectivity index (χ2n) is 5.53. The van der Waals surface area contributed by atoms with Gasteiger partial charge in [0.2, 0.25) is 0 Å². The largest absolute Gasteiger partial charge is 0.480 e. The van der Waals surface area contributed by atoms with Gasteiger partial charge in [-0.3, -0.25) is 19.5 Å². The van der Waals surface area contributed by atoms with E-state index >= 15 is 0 Å². The third-order valence-corrected chi connectivity index (χ3v) is 5.22. The molecule has 25 heavy (non-hydrogen) atoms. The summed E-state index contributed by atoms with van der Waals surface area (Å²) in [6, 6.07) is 5.81. The zero-order valence-electron chi connectivity index (χ0n) is 13.6. The van der Waals surface area contributed by atoms with Crippen LogP contribution in [-0.4, -0.2) is 42.3 Å². The fourth-order valence-electron chi connectivity index (χ4n) is 2.74. The second kappa shape index (κ2) is 6.81. The molecule has 0 atom stereocenters. The number of aromatic nitrogens is 2. The van der Waals surface area contributed by atoms with Crippen molar-refractivity contribution in [2.45, 2.75) is 13.8 Å². The van der Waals surface area contributed by atoms with Crippen molar-refractivity contribution in [1.82, 2.24) is 14.5 Å². The molecule has 0 aromatic carbocycles. The van der Waals surface area contributed by atoms with Crippen molar-refractivity contribution in [3.63, 3.8) is 0 Å². The molecule has 0 bridgehead atoms. The number of rotatable bonds is 4. The van der Waals surface area contributed by atoms with Gasteiger partial charge >= 0.3 is 5.97 Å². The lowest BCUT2D eigenvalue weighted by molar-refractivity contribution is -0.140. The van der Waals surface area contributed by atoms with Gasteiger partial charge in [0.05, 0.1) is 4.91 Å². The van der Waals surface area contributed by atoms with Gasteiger partial charge in [-0.15, -0.1) is 0 Å². The van der Waals surface area contributed by atoms with Crippen molar-refractivity contribution >= 4 is 46.3 Å². The summed E-state index contributed by atoms with van der Waals surface area (Å²) in [5, 5.41) is 8.90. The predicted molar refractivity (Wildman–Crippen MR) is 101 cm³/mol. The summed E-state index contributed by atoms with van der Waals surface area (Å²) >= 11 is 6.25. The highest BCUT2D eigenvalue weighted by molar-refractivity contribution is 8.26. The third-order valence-electron chi connectivity index (χ3n) is 3.84. The number of hydrogen-bond donors (Lipinski definition) is 1. The van der Waals surface area contributed by atoms with E-state index in [-0.39, 0.29) is 10.2 Å². The van der Waals surface area contributed by atoms with Crippen LogP contribution in [0.15, 0.2) is 35.5 Å². The van der Waals surface area contributed by atoms with E-state index in [1.807, 2.05) is 32.0 Å². The van der Waals surface area contributed by atoms with E-state index in [2.05, 4.69) is 9.55 Å². The lowest BCUT2D eigenvalue weighted by atomic mass is 10.2. The zero-order chi connectivity index (χ0) is 18.1. The number of hydrogen-bond acceptors (Lipinski definition) is 5. The molecule has 1 amide bonds. The fraction of sp³-hybridized carbons (Fsp3) is 0.176. The van der Waals surface area contributed by atoms with Crippen LogP contribution in [-0.2, 0) is 9.59 Å². The van der Waals surface area contributed by atoms with Crippen molar-refractivity contribution in [2.75, 3.05) is 6.54 Å². The molecule has 128 valence electrons. The zero-order valence-corrected chi connectivity index (χ0v) is 15.2. The molecule has 0 unspecified atom stereocenters. The molecule has 2 aromatic heterocycles. The summed E-state index contributed by atoms with van der Waals surface area (Å²) in [6.45, 7) is 3.54.